The summed E-state index contributed by atoms with van der Waals surface area (Å²) in [7, 11) is 0. The smallest absolute Gasteiger partial charge is 0.207 e. The third kappa shape index (κ3) is 3.92. The molecule has 0 radical (unpaired) electrons. The predicted molar refractivity (Wildman–Crippen MR) is 76.2 cm³/mol. The topological polar surface area (TPSA) is 0 Å². The van der Waals surface area contributed by atoms with E-state index in [2.05, 4.69) is 32.0 Å². The summed E-state index contributed by atoms with van der Waals surface area (Å²) in [4.78, 5) is 0. The van der Waals surface area contributed by atoms with E-state index in [-0.39, 0.29) is 24.1 Å². The molecule has 2 atom stereocenters. The van der Waals surface area contributed by atoms with Gasteiger partial charge in [-0.15, -0.1) is 11.6 Å². The van der Waals surface area contributed by atoms with Gasteiger partial charge in [-0.25, -0.2) is 8.78 Å². The van der Waals surface area contributed by atoms with Crippen molar-refractivity contribution >= 4 is 11.6 Å². The second-order valence-electron chi connectivity index (χ2n) is 5.85. The molecule has 1 aliphatic carbocycles. The van der Waals surface area contributed by atoms with Gasteiger partial charge in [-0.05, 0) is 55.7 Å². The summed E-state index contributed by atoms with van der Waals surface area (Å²) in [6.45, 7) is 4.13. The van der Waals surface area contributed by atoms with Gasteiger partial charge in [0.05, 0.1) is 0 Å². The molecule has 0 amide bonds. The predicted octanol–water partition coefficient (Wildman–Crippen LogP) is 5.28. The van der Waals surface area contributed by atoms with Crippen molar-refractivity contribution in [1.29, 1.82) is 0 Å². The van der Waals surface area contributed by atoms with Crippen molar-refractivity contribution in [3.05, 3.63) is 34.9 Å². The molecule has 3 heteroatoms. The Kier molecular flexibility index (Phi) is 4.50. The first kappa shape index (κ1) is 14.8. The first-order chi connectivity index (χ1) is 8.87. The number of rotatable bonds is 3. The minimum absolute atomic E-state index is 0.0246. The summed E-state index contributed by atoms with van der Waals surface area (Å²) in [5, 5.41) is -0.187. The van der Waals surface area contributed by atoms with Gasteiger partial charge in [0.2, 0.25) is 5.92 Å². The lowest BCUT2D eigenvalue weighted by Crippen LogP contribution is -2.31. The van der Waals surface area contributed by atoms with Crippen LogP contribution in [0.4, 0.5) is 8.78 Å². The molecule has 0 heterocycles. The maximum atomic E-state index is 13.4. The first-order valence-electron chi connectivity index (χ1n) is 6.95. The van der Waals surface area contributed by atoms with Gasteiger partial charge in [-0.2, -0.15) is 0 Å². The number of hydrogen-bond donors (Lipinski definition) is 0. The Hall–Kier alpha value is -0.630. The highest BCUT2D eigenvalue weighted by atomic mass is 35.5. The average Bonchev–Trinajstić information content (AvgIpc) is 2.32. The molecule has 1 fully saturated rings. The van der Waals surface area contributed by atoms with Crippen LogP contribution in [0.1, 0.15) is 42.4 Å². The van der Waals surface area contributed by atoms with Crippen LogP contribution >= 0.6 is 11.6 Å². The fraction of sp³-hybridized carbons (Fsp3) is 0.625. The second-order valence-corrected chi connectivity index (χ2v) is 6.41. The van der Waals surface area contributed by atoms with E-state index in [9.17, 15) is 8.78 Å². The van der Waals surface area contributed by atoms with E-state index in [1.54, 1.807) is 0 Å². The first-order valence-corrected chi connectivity index (χ1v) is 7.39. The molecule has 0 saturated heterocycles. The van der Waals surface area contributed by atoms with Crippen molar-refractivity contribution in [1.82, 2.24) is 0 Å². The summed E-state index contributed by atoms with van der Waals surface area (Å²) in [5.74, 6) is -2.58. The lowest BCUT2D eigenvalue weighted by Gasteiger charge is -2.31. The summed E-state index contributed by atoms with van der Waals surface area (Å²) < 4.78 is 26.8. The number of benzene rings is 1. The van der Waals surface area contributed by atoms with Crippen LogP contribution < -0.4 is 0 Å². The van der Waals surface area contributed by atoms with Crippen molar-refractivity contribution in [2.45, 2.75) is 57.3 Å². The van der Waals surface area contributed by atoms with E-state index in [4.69, 9.17) is 11.6 Å². The summed E-state index contributed by atoms with van der Waals surface area (Å²) in [6.07, 6.45) is 2.08. The number of alkyl halides is 3. The highest BCUT2D eigenvalue weighted by molar-refractivity contribution is 6.20. The van der Waals surface area contributed by atoms with E-state index in [0.29, 0.717) is 12.8 Å². The van der Waals surface area contributed by atoms with Crippen molar-refractivity contribution < 1.29 is 8.78 Å². The normalized spacial score (nSPS) is 24.2. The van der Waals surface area contributed by atoms with Crippen LogP contribution in [0.25, 0.3) is 0 Å². The number of aryl methyl sites for hydroxylation is 2. The second kappa shape index (κ2) is 5.78. The molecular weight excluding hydrogens is 266 g/mol. The fourth-order valence-corrected chi connectivity index (χ4v) is 3.23. The van der Waals surface area contributed by atoms with Crippen molar-refractivity contribution in [3.63, 3.8) is 0 Å². The zero-order chi connectivity index (χ0) is 14.0. The molecule has 1 aliphatic rings. The summed E-state index contributed by atoms with van der Waals surface area (Å²) in [6, 6.07) is 6.24. The molecule has 0 aliphatic heterocycles. The van der Waals surface area contributed by atoms with Crippen molar-refractivity contribution in [3.8, 4) is 0 Å². The Morgan fingerprint density at radius 3 is 2.68 bits per heavy atom. The van der Waals surface area contributed by atoms with E-state index >= 15 is 0 Å². The van der Waals surface area contributed by atoms with Crippen LogP contribution in [0.3, 0.4) is 0 Å². The number of halogens is 3. The molecule has 1 saturated carbocycles. The molecule has 2 unspecified atom stereocenters. The van der Waals surface area contributed by atoms with Gasteiger partial charge < -0.3 is 0 Å². The van der Waals surface area contributed by atoms with Gasteiger partial charge in [-0.1, -0.05) is 18.2 Å². The van der Waals surface area contributed by atoms with Gasteiger partial charge in [0.15, 0.2) is 0 Å². The molecule has 19 heavy (non-hydrogen) atoms. The van der Waals surface area contributed by atoms with Crippen LogP contribution in [0.2, 0.25) is 0 Å². The quantitative estimate of drug-likeness (QED) is 0.663. The van der Waals surface area contributed by atoms with Gasteiger partial charge in [0.25, 0.3) is 0 Å². The highest BCUT2D eigenvalue weighted by Crippen LogP contribution is 2.40. The molecule has 0 nitrogen and oxygen atoms in total. The lowest BCUT2D eigenvalue weighted by atomic mass is 9.82. The van der Waals surface area contributed by atoms with E-state index in [1.807, 2.05) is 0 Å². The van der Waals surface area contributed by atoms with Gasteiger partial charge in [-0.3, -0.25) is 0 Å². The Morgan fingerprint density at radius 1 is 1.32 bits per heavy atom. The molecular formula is C16H21ClF2. The zero-order valence-corrected chi connectivity index (χ0v) is 12.3. The third-order valence-corrected chi connectivity index (χ3v) is 4.70. The molecule has 1 aromatic carbocycles. The van der Waals surface area contributed by atoms with Crippen molar-refractivity contribution in [2.75, 3.05) is 0 Å². The minimum atomic E-state index is -2.51. The molecule has 2 rings (SSSR count). The molecule has 0 N–H and O–H groups in total. The van der Waals surface area contributed by atoms with Gasteiger partial charge in [0.1, 0.15) is 0 Å². The summed E-state index contributed by atoms with van der Waals surface area (Å²) in [5.41, 5.74) is 3.63. The maximum absolute atomic E-state index is 13.4. The van der Waals surface area contributed by atoms with Gasteiger partial charge >= 0.3 is 0 Å². The Morgan fingerprint density at radius 2 is 2.05 bits per heavy atom. The van der Waals surface area contributed by atoms with Crippen LogP contribution in [-0.2, 0) is 6.42 Å². The zero-order valence-electron chi connectivity index (χ0n) is 11.6. The third-order valence-electron chi connectivity index (χ3n) is 4.19. The largest absolute Gasteiger partial charge is 0.248 e. The Bertz CT molecular complexity index is 442. The fourth-order valence-electron chi connectivity index (χ4n) is 2.84. The maximum Gasteiger partial charge on any atom is 0.248 e. The molecule has 1 aromatic rings. The molecule has 106 valence electrons. The standard InChI is InChI=1S/C16H21ClF2/c1-11-5-6-13(8-12(11)2)9-15(17)14-4-3-7-16(18,19)10-14/h5-6,8,14-15H,3-4,7,9-10H2,1-2H3. The number of hydrogen-bond acceptors (Lipinski definition) is 0. The summed E-state index contributed by atoms with van der Waals surface area (Å²) >= 11 is 6.38. The minimum Gasteiger partial charge on any atom is -0.207 e. The molecule has 0 aromatic heterocycles. The van der Waals surface area contributed by atoms with Gasteiger partial charge in [0, 0.05) is 18.2 Å². The van der Waals surface area contributed by atoms with Crippen LogP contribution in [0.5, 0.6) is 0 Å². The average molecular weight is 287 g/mol. The Labute approximate surface area is 119 Å². The van der Waals surface area contributed by atoms with E-state index < -0.39 is 5.92 Å². The van der Waals surface area contributed by atoms with E-state index in [0.717, 1.165) is 12.0 Å². The molecule has 0 spiro atoms. The monoisotopic (exact) mass is 286 g/mol. The van der Waals surface area contributed by atoms with Crippen LogP contribution in [0.15, 0.2) is 18.2 Å². The lowest BCUT2D eigenvalue weighted by molar-refractivity contribution is -0.0528. The SMILES string of the molecule is Cc1ccc(CC(Cl)C2CCCC(F)(F)C2)cc1C. The Balaban J connectivity index is 2.00. The highest BCUT2D eigenvalue weighted by Gasteiger charge is 2.38. The van der Waals surface area contributed by atoms with Crippen LogP contribution in [-0.4, -0.2) is 11.3 Å². The van der Waals surface area contributed by atoms with Crippen LogP contribution in [0, 0.1) is 19.8 Å². The van der Waals surface area contributed by atoms with E-state index in [1.165, 1.54) is 11.1 Å². The molecule has 0 bridgehead atoms. The van der Waals surface area contributed by atoms with Crippen molar-refractivity contribution in [2.24, 2.45) is 5.92 Å².